The lowest BCUT2D eigenvalue weighted by molar-refractivity contribution is 0.220. The average molecular weight is 268 g/mol. The van der Waals surface area contributed by atoms with Gasteiger partial charge in [-0.1, -0.05) is 0 Å². The molecular weight excluding hydrogens is 244 g/mol. The Morgan fingerprint density at radius 3 is 2.37 bits per heavy atom. The third kappa shape index (κ3) is 4.61. The van der Waals surface area contributed by atoms with Gasteiger partial charge in [-0.15, -0.1) is 0 Å². The van der Waals surface area contributed by atoms with Gasteiger partial charge in [0.15, 0.2) is 11.5 Å². The van der Waals surface area contributed by atoms with Crippen molar-refractivity contribution < 1.29 is 14.6 Å². The van der Waals surface area contributed by atoms with Crippen molar-refractivity contribution in [3.63, 3.8) is 0 Å². The van der Waals surface area contributed by atoms with Crippen molar-refractivity contribution in [3.05, 3.63) is 17.7 Å². The summed E-state index contributed by atoms with van der Waals surface area (Å²) in [5.41, 5.74) is 7.80. The number of ether oxygens (including phenoxy) is 2. The lowest BCUT2D eigenvalue weighted by atomic mass is 10.1. The molecule has 0 aliphatic carbocycles. The zero-order chi connectivity index (χ0) is 14.3. The Bertz CT molecular complexity index is 397. The van der Waals surface area contributed by atoms with Crippen LogP contribution in [-0.2, 0) is 6.42 Å². The molecule has 0 saturated heterocycles. The highest BCUT2D eigenvalue weighted by Crippen LogP contribution is 2.32. The molecule has 0 radical (unpaired) electrons. The average Bonchev–Trinajstić information content (AvgIpc) is 2.40. The Morgan fingerprint density at radius 2 is 1.79 bits per heavy atom. The number of nitrogen functional groups attached to an aromatic ring is 1. The second-order valence-corrected chi connectivity index (χ2v) is 4.54. The van der Waals surface area contributed by atoms with Crippen LogP contribution < -0.4 is 15.2 Å². The maximum Gasteiger partial charge on any atom is 0.162 e. The van der Waals surface area contributed by atoms with E-state index in [2.05, 4.69) is 4.90 Å². The first kappa shape index (κ1) is 15.6. The van der Waals surface area contributed by atoms with Gasteiger partial charge in [-0.3, -0.25) is 0 Å². The predicted molar refractivity (Wildman–Crippen MR) is 76.9 cm³/mol. The summed E-state index contributed by atoms with van der Waals surface area (Å²) in [4.78, 5) is 2.09. The number of anilines is 1. The third-order valence-electron chi connectivity index (χ3n) is 3.11. The van der Waals surface area contributed by atoms with E-state index < -0.39 is 0 Å². The van der Waals surface area contributed by atoms with E-state index in [1.54, 1.807) is 20.3 Å². The van der Waals surface area contributed by atoms with E-state index in [9.17, 15) is 0 Å². The van der Waals surface area contributed by atoms with Crippen LogP contribution in [0.1, 0.15) is 12.0 Å². The highest BCUT2D eigenvalue weighted by Gasteiger charge is 2.09. The van der Waals surface area contributed by atoms with Crippen LogP contribution in [0.3, 0.4) is 0 Å². The van der Waals surface area contributed by atoms with Gasteiger partial charge in [-0.2, -0.15) is 0 Å². The summed E-state index contributed by atoms with van der Waals surface area (Å²) in [6, 6.07) is 3.73. The Morgan fingerprint density at radius 1 is 1.16 bits per heavy atom. The molecule has 19 heavy (non-hydrogen) atoms. The summed E-state index contributed by atoms with van der Waals surface area (Å²) in [7, 11) is 5.21. The number of methoxy groups -OCH3 is 2. The minimum atomic E-state index is 0.189. The molecule has 0 aliphatic rings. The van der Waals surface area contributed by atoms with Crippen LogP contribution in [0.4, 0.5) is 5.69 Å². The zero-order valence-electron chi connectivity index (χ0n) is 12.0. The molecule has 1 rings (SSSR count). The second kappa shape index (κ2) is 7.86. The number of aliphatic hydroxyl groups is 1. The number of benzene rings is 1. The molecule has 0 unspecified atom stereocenters. The Kier molecular flexibility index (Phi) is 6.45. The molecule has 0 heterocycles. The van der Waals surface area contributed by atoms with Gasteiger partial charge in [-0.25, -0.2) is 0 Å². The van der Waals surface area contributed by atoms with Crippen molar-refractivity contribution in [2.24, 2.45) is 0 Å². The van der Waals surface area contributed by atoms with Crippen LogP contribution in [0.15, 0.2) is 12.1 Å². The van der Waals surface area contributed by atoms with Gasteiger partial charge >= 0.3 is 0 Å². The van der Waals surface area contributed by atoms with Crippen LogP contribution in [-0.4, -0.2) is 51.0 Å². The number of hydrogen-bond acceptors (Lipinski definition) is 5. The molecule has 0 bridgehead atoms. The standard InChI is InChI=1S/C14H24N2O3/c1-16(7-8-17)6-4-5-11-9-13(18-2)14(19-3)10-12(11)15/h9-10,17H,4-8,15H2,1-3H3. The topological polar surface area (TPSA) is 68.0 Å². The molecule has 0 atom stereocenters. The summed E-state index contributed by atoms with van der Waals surface area (Å²) in [5.74, 6) is 1.36. The van der Waals surface area contributed by atoms with Crippen molar-refractivity contribution in [2.45, 2.75) is 12.8 Å². The summed E-state index contributed by atoms with van der Waals surface area (Å²) < 4.78 is 10.5. The first-order chi connectivity index (χ1) is 9.12. The lowest BCUT2D eigenvalue weighted by Gasteiger charge is -2.16. The quantitative estimate of drug-likeness (QED) is 0.692. The number of aliphatic hydroxyl groups excluding tert-OH is 1. The summed E-state index contributed by atoms with van der Waals surface area (Å²) in [6.07, 6.45) is 1.86. The normalized spacial score (nSPS) is 10.8. The second-order valence-electron chi connectivity index (χ2n) is 4.54. The van der Waals surface area contributed by atoms with E-state index in [1.807, 2.05) is 13.1 Å². The largest absolute Gasteiger partial charge is 0.493 e. The van der Waals surface area contributed by atoms with E-state index in [0.717, 1.165) is 30.6 Å². The predicted octanol–water partition coefficient (Wildman–Crippen LogP) is 1.14. The third-order valence-corrected chi connectivity index (χ3v) is 3.11. The molecule has 0 amide bonds. The molecule has 3 N–H and O–H groups in total. The van der Waals surface area contributed by atoms with Gasteiger partial charge in [0.05, 0.1) is 20.8 Å². The van der Waals surface area contributed by atoms with E-state index in [0.29, 0.717) is 18.0 Å². The Labute approximate surface area is 114 Å². The van der Waals surface area contributed by atoms with Crippen LogP contribution >= 0.6 is 0 Å². The molecule has 1 aromatic carbocycles. The van der Waals surface area contributed by atoms with Crippen LogP contribution in [0.5, 0.6) is 11.5 Å². The minimum absolute atomic E-state index is 0.189. The molecule has 0 fully saturated rings. The molecule has 108 valence electrons. The zero-order valence-corrected chi connectivity index (χ0v) is 12.0. The number of nitrogens with zero attached hydrogens (tertiary/aromatic N) is 1. The highest BCUT2D eigenvalue weighted by atomic mass is 16.5. The molecule has 0 saturated carbocycles. The molecule has 0 aliphatic heterocycles. The fraction of sp³-hybridized carbons (Fsp3) is 0.571. The summed E-state index contributed by atoms with van der Waals surface area (Å²) in [5, 5.41) is 8.83. The fourth-order valence-electron chi connectivity index (χ4n) is 1.98. The van der Waals surface area contributed by atoms with Crippen molar-refractivity contribution in [1.82, 2.24) is 4.90 Å². The van der Waals surface area contributed by atoms with Crippen molar-refractivity contribution >= 4 is 5.69 Å². The smallest absolute Gasteiger partial charge is 0.162 e. The number of aryl methyl sites for hydroxylation is 1. The monoisotopic (exact) mass is 268 g/mol. The first-order valence-electron chi connectivity index (χ1n) is 6.42. The number of hydrogen-bond donors (Lipinski definition) is 2. The van der Waals surface area contributed by atoms with Crippen molar-refractivity contribution in [2.75, 3.05) is 46.7 Å². The molecule has 0 aromatic heterocycles. The van der Waals surface area contributed by atoms with Crippen LogP contribution in [0.25, 0.3) is 0 Å². The van der Waals surface area contributed by atoms with Gasteiger partial charge in [-0.05, 0) is 38.1 Å². The maximum atomic E-state index is 8.83. The first-order valence-corrected chi connectivity index (χ1v) is 6.42. The molecular formula is C14H24N2O3. The van der Waals surface area contributed by atoms with Crippen LogP contribution in [0.2, 0.25) is 0 Å². The lowest BCUT2D eigenvalue weighted by Crippen LogP contribution is -2.23. The van der Waals surface area contributed by atoms with E-state index in [4.69, 9.17) is 20.3 Å². The Hall–Kier alpha value is -1.46. The van der Waals surface area contributed by atoms with Gasteiger partial charge in [0.1, 0.15) is 0 Å². The highest BCUT2D eigenvalue weighted by molar-refractivity contribution is 5.58. The van der Waals surface area contributed by atoms with E-state index in [1.165, 1.54) is 0 Å². The SMILES string of the molecule is COc1cc(N)c(CCCN(C)CCO)cc1OC. The summed E-state index contributed by atoms with van der Waals surface area (Å²) >= 11 is 0. The van der Waals surface area contributed by atoms with E-state index in [-0.39, 0.29) is 6.61 Å². The number of rotatable bonds is 8. The summed E-state index contributed by atoms with van der Waals surface area (Å²) in [6.45, 7) is 1.81. The van der Waals surface area contributed by atoms with Gasteiger partial charge in [0, 0.05) is 18.3 Å². The van der Waals surface area contributed by atoms with Crippen molar-refractivity contribution in [1.29, 1.82) is 0 Å². The number of nitrogens with two attached hydrogens (primary N) is 1. The molecule has 1 aromatic rings. The molecule has 5 nitrogen and oxygen atoms in total. The van der Waals surface area contributed by atoms with Crippen molar-refractivity contribution in [3.8, 4) is 11.5 Å². The van der Waals surface area contributed by atoms with Gasteiger partial charge < -0.3 is 25.2 Å². The maximum absolute atomic E-state index is 8.83. The molecule has 5 heteroatoms. The van der Waals surface area contributed by atoms with E-state index >= 15 is 0 Å². The van der Waals surface area contributed by atoms with Gasteiger partial charge in [0.2, 0.25) is 0 Å². The minimum Gasteiger partial charge on any atom is -0.493 e. The van der Waals surface area contributed by atoms with Gasteiger partial charge in [0.25, 0.3) is 0 Å². The Balaban J connectivity index is 2.63. The van der Waals surface area contributed by atoms with Crippen LogP contribution in [0, 0.1) is 0 Å². The fourth-order valence-corrected chi connectivity index (χ4v) is 1.98. The number of likely N-dealkylation sites (N-methyl/N-ethyl adjacent to an activating group) is 1. The molecule has 0 spiro atoms.